The fraction of sp³-hybridized carbons (Fsp3) is 0.471. The number of hydrogen-bond donors (Lipinski definition) is 1. The minimum atomic E-state index is 0.244. The summed E-state index contributed by atoms with van der Waals surface area (Å²) < 4.78 is 5.42. The lowest BCUT2D eigenvalue weighted by Crippen LogP contribution is -2.46. The molecule has 1 fully saturated rings. The van der Waals surface area contributed by atoms with Crippen molar-refractivity contribution in [3.63, 3.8) is 0 Å². The Labute approximate surface area is 141 Å². The summed E-state index contributed by atoms with van der Waals surface area (Å²) in [4.78, 5) is 9.51. The third-order valence-corrected chi connectivity index (χ3v) is 5.08. The van der Waals surface area contributed by atoms with Crippen molar-refractivity contribution in [3.05, 3.63) is 35.3 Å². The molecule has 124 valence electrons. The Morgan fingerprint density at radius 1 is 1.17 bits per heavy atom. The fourth-order valence-corrected chi connectivity index (χ4v) is 3.71. The van der Waals surface area contributed by atoms with Crippen LogP contribution >= 0.6 is 11.3 Å². The molecule has 3 rings (SSSR count). The van der Waals surface area contributed by atoms with E-state index < -0.39 is 0 Å². The van der Waals surface area contributed by atoms with Crippen LogP contribution in [0.1, 0.15) is 5.69 Å². The number of aliphatic hydroxyl groups excluding tert-OH is 1. The van der Waals surface area contributed by atoms with E-state index in [1.54, 1.807) is 18.4 Å². The van der Waals surface area contributed by atoms with Gasteiger partial charge in [0.25, 0.3) is 0 Å². The van der Waals surface area contributed by atoms with Crippen LogP contribution in [0.2, 0.25) is 0 Å². The summed E-state index contributed by atoms with van der Waals surface area (Å²) >= 11 is 1.67. The quantitative estimate of drug-likeness (QED) is 0.875. The predicted molar refractivity (Wildman–Crippen MR) is 92.9 cm³/mol. The van der Waals surface area contributed by atoms with Gasteiger partial charge in [0, 0.05) is 44.6 Å². The first-order valence-corrected chi connectivity index (χ1v) is 8.81. The molecule has 1 saturated heterocycles. The average Bonchev–Trinajstić information content (AvgIpc) is 3.05. The van der Waals surface area contributed by atoms with Crippen LogP contribution in [0, 0.1) is 0 Å². The van der Waals surface area contributed by atoms with Crippen molar-refractivity contribution >= 4 is 11.3 Å². The molecule has 1 aromatic carbocycles. The predicted octanol–water partition coefficient (Wildman–Crippen LogP) is 1.93. The molecular formula is C17H23N3O2S. The average molecular weight is 333 g/mol. The van der Waals surface area contributed by atoms with E-state index in [2.05, 4.69) is 21.2 Å². The number of benzene rings is 1. The third-order valence-electron chi connectivity index (χ3n) is 4.16. The standard InChI is InChI=1S/C17H23N3O2S/c1-22-16-5-3-2-4-15(16)17-18-14(13-23-17)12-20-8-6-19(7-9-20)10-11-21/h2-5,13,21H,6-12H2,1H3. The second kappa shape index (κ2) is 7.88. The molecular weight excluding hydrogens is 310 g/mol. The normalized spacial score (nSPS) is 16.6. The molecule has 0 amide bonds. The van der Waals surface area contributed by atoms with Crippen LogP contribution in [0.15, 0.2) is 29.6 Å². The van der Waals surface area contributed by atoms with Gasteiger partial charge in [-0.05, 0) is 12.1 Å². The van der Waals surface area contributed by atoms with Crippen LogP contribution in [-0.2, 0) is 6.54 Å². The van der Waals surface area contributed by atoms with Crippen molar-refractivity contribution in [2.45, 2.75) is 6.54 Å². The Hall–Kier alpha value is -1.47. The number of thiazole rings is 1. The van der Waals surface area contributed by atoms with Gasteiger partial charge in [-0.3, -0.25) is 9.80 Å². The molecule has 2 aromatic rings. The molecule has 2 heterocycles. The molecule has 6 heteroatoms. The van der Waals surface area contributed by atoms with Crippen LogP contribution < -0.4 is 4.74 Å². The Bertz CT molecular complexity index is 624. The van der Waals surface area contributed by atoms with Gasteiger partial charge in [-0.25, -0.2) is 4.98 Å². The number of aromatic nitrogens is 1. The lowest BCUT2D eigenvalue weighted by Gasteiger charge is -2.33. The molecule has 0 spiro atoms. The smallest absolute Gasteiger partial charge is 0.129 e. The van der Waals surface area contributed by atoms with Crippen LogP contribution in [0.5, 0.6) is 5.75 Å². The molecule has 0 atom stereocenters. The zero-order chi connectivity index (χ0) is 16.1. The molecule has 1 aliphatic heterocycles. The van der Waals surface area contributed by atoms with Crippen molar-refractivity contribution in [2.75, 3.05) is 46.4 Å². The second-order valence-electron chi connectivity index (χ2n) is 5.69. The van der Waals surface area contributed by atoms with Crippen LogP contribution in [0.4, 0.5) is 0 Å². The SMILES string of the molecule is COc1ccccc1-c1nc(CN2CCN(CCO)CC2)cs1. The molecule has 0 radical (unpaired) electrons. The number of methoxy groups -OCH3 is 1. The van der Waals surface area contributed by atoms with E-state index in [1.807, 2.05) is 18.2 Å². The monoisotopic (exact) mass is 333 g/mol. The second-order valence-corrected chi connectivity index (χ2v) is 6.54. The highest BCUT2D eigenvalue weighted by atomic mass is 32.1. The summed E-state index contributed by atoms with van der Waals surface area (Å²) in [7, 11) is 1.69. The number of piperazine rings is 1. The number of hydrogen-bond acceptors (Lipinski definition) is 6. The van der Waals surface area contributed by atoms with Gasteiger partial charge in [-0.1, -0.05) is 12.1 Å². The molecule has 1 N–H and O–H groups in total. The molecule has 0 unspecified atom stereocenters. The summed E-state index contributed by atoms with van der Waals surface area (Å²) in [6.45, 7) is 6.01. The molecule has 0 saturated carbocycles. The molecule has 1 aromatic heterocycles. The molecule has 0 bridgehead atoms. The van der Waals surface area contributed by atoms with Gasteiger partial charge in [-0.15, -0.1) is 11.3 Å². The number of aliphatic hydroxyl groups is 1. The van der Waals surface area contributed by atoms with Gasteiger partial charge in [0.05, 0.1) is 25.0 Å². The fourth-order valence-electron chi connectivity index (χ4n) is 2.87. The Balaban J connectivity index is 1.62. The first kappa shape index (κ1) is 16.4. The maximum absolute atomic E-state index is 9.00. The highest BCUT2D eigenvalue weighted by Crippen LogP contribution is 2.32. The molecule has 1 aliphatic rings. The van der Waals surface area contributed by atoms with E-state index in [4.69, 9.17) is 14.8 Å². The summed E-state index contributed by atoms with van der Waals surface area (Å²) in [5.41, 5.74) is 2.17. The van der Waals surface area contributed by atoms with E-state index in [0.29, 0.717) is 0 Å². The van der Waals surface area contributed by atoms with Gasteiger partial charge < -0.3 is 9.84 Å². The highest BCUT2D eigenvalue weighted by molar-refractivity contribution is 7.13. The maximum Gasteiger partial charge on any atom is 0.129 e. The highest BCUT2D eigenvalue weighted by Gasteiger charge is 2.18. The number of ether oxygens (including phenoxy) is 1. The van der Waals surface area contributed by atoms with Crippen LogP contribution in [-0.4, -0.2) is 66.3 Å². The minimum Gasteiger partial charge on any atom is -0.496 e. The van der Waals surface area contributed by atoms with E-state index in [9.17, 15) is 0 Å². The number of rotatable bonds is 6. The summed E-state index contributed by atoms with van der Waals surface area (Å²) in [5.74, 6) is 0.867. The van der Waals surface area contributed by atoms with Crippen molar-refractivity contribution in [1.29, 1.82) is 0 Å². The Kier molecular flexibility index (Phi) is 5.61. The van der Waals surface area contributed by atoms with E-state index >= 15 is 0 Å². The topological polar surface area (TPSA) is 48.8 Å². The largest absolute Gasteiger partial charge is 0.496 e. The van der Waals surface area contributed by atoms with Crippen molar-refractivity contribution in [2.24, 2.45) is 0 Å². The molecule has 0 aliphatic carbocycles. The lowest BCUT2D eigenvalue weighted by atomic mass is 10.2. The van der Waals surface area contributed by atoms with Gasteiger partial charge in [0.2, 0.25) is 0 Å². The Morgan fingerprint density at radius 3 is 2.65 bits per heavy atom. The number of para-hydroxylation sites is 1. The lowest BCUT2D eigenvalue weighted by molar-refractivity contribution is 0.108. The first-order chi connectivity index (χ1) is 11.3. The first-order valence-electron chi connectivity index (χ1n) is 7.93. The van der Waals surface area contributed by atoms with Crippen molar-refractivity contribution in [1.82, 2.24) is 14.8 Å². The van der Waals surface area contributed by atoms with Gasteiger partial charge in [-0.2, -0.15) is 0 Å². The maximum atomic E-state index is 9.00. The zero-order valence-electron chi connectivity index (χ0n) is 13.4. The van der Waals surface area contributed by atoms with Crippen molar-refractivity contribution < 1.29 is 9.84 Å². The number of nitrogens with zero attached hydrogens (tertiary/aromatic N) is 3. The molecule has 23 heavy (non-hydrogen) atoms. The third kappa shape index (κ3) is 4.09. The van der Waals surface area contributed by atoms with Gasteiger partial charge in [0.15, 0.2) is 0 Å². The zero-order valence-corrected chi connectivity index (χ0v) is 14.3. The van der Waals surface area contributed by atoms with E-state index in [0.717, 1.165) is 61.3 Å². The van der Waals surface area contributed by atoms with Gasteiger partial charge in [0.1, 0.15) is 10.8 Å². The van der Waals surface area contributed by atoms with Crippen LogP contribution in [0.3, 0.4) is 0 Å². The minimum absolute atomic E-state index is 0.244. The van der Waals surface area contributed by atoms with Crippen molar-refractivity contribution in [3.8, 4) is 16.3 Å². The van der Waals surface area contributed by atoms with Crippen LogP contribution in [0.25, 0.3) is 10.6 Å². The summed E-state index contributed by atoms with van der Waals surface area (Å²) in [6.07, 6.45) is 0. The van der Waals surface area contributed by atoms with Gasteiger partial charge >= 0.3 is 0 Å². The number of β-amino-alcohol motifs (C(OH)–C–C–N with tert-alkyl or cyclic N) is 1. The summed E-state index contributed by atoms with van der Waals surface area (Å²) in [6, 6.07) is 8.01. The molecule has 5 nitrogen and oxygen atoms in total. The Morgan fingerprint density at radius 2 is 1.91 bits per heavy atom. The summed E-state index contributed by atoms with van der Waals surface area (Å²) in [5, 5.41) is 12.2. The van der Waals surface area contributed by atoms with E-state index in [1.165, 1.54) is 0 Å². The van der Waals surface area contributed by atoms with E-state index in [-0.39, 0.29) is 6.61 Å².